The van der Waals surface area contributed by atoms with Crippen molar-refractivity contribution in [3.05, 3.63) is 108 Å². The van der Waals surface area contributed by atoms with E-state index >= 15 is 0 Å². The quantitative estimate of drug-likeness (QED) is 0.175. The summed E-state index contributed by atoms with van der Waals surface area (Å²) in [5, 5.41) is 3.14. The zero-order valence-corrected chi connectivity index (χ0v) is 20.5. The Hall–Kier alpha value is -4.22. The first-order chi connectivity index (χ1) is 17.7. The maximum Gasteiger partial charge on any atom is 0.315 e. The van der Waals surface area contributed by atoms with Gasteiger partial charge >= 0.3 is 5.97 Å². The predicted molar refractivity (Wildman–Crippen MR) is 145 cm³/mol. The summed E-state index contributed by atoms with van der Waals surface area (Å²) in [5.41, 5.74) is 5.62. The van der Waals surface area contributed by atoms with Crippen molar-refractivity contribution in [2.75, 3.05) is 0 Å². The highest BCUT2D eigenvalue weighted by Crippen LogP contribution is 2.40. The number of aryl methyl sites for hydroxylation is 1. The number of para-hydroxylation sites is 2. The van der Waals surface area contributed by atoms with Gasteiger partial charge in [-0.15, -0.1) is 11.3 Å². The number of fused-ring (bicyclic) bond motifs is 3. The van der Waals surface area contributed by atoms with Gasteiger partial charge in [0, 0.05) is 21.2 Å². The van der Waals surface area contributed by atoms with Crippen LogP contribution in [0, 0.1) is 0 Å². The van der Waals surface area contributed by atoms with Gasteiger partial charge in [0.2, 0.25) is 0 Å². The maximum absolute atomic E-state index is 12.3. The van der Waals surface area contributed by atoms with Crippen molar-refractivity contribution in [2.24, 2.45) is 0 Å². The molecule has 0 unspecified atom stereocenters. The van der Waals surface area contributed by atoms with E-state index in [4.69, 9.17) is 14.1 Å². The van der Waals surface area contributed by atoms with Gasteiger partial charge < -0.3 is 9.15 Å². The summed E-state index contributed by atoms with van der Waals surface area (Å²) in [6.07, 6.45) is 1.11. The lowest BCUT2D eigenvalue weighted by Gasteiger charge is -2.06. The van der Waals surface area contributed by atoms with E-state index in [1.165, 1.54) is 4.88 Å². The highest BCUT2D eigenvalue weighted by Gasteiger charge is 2.18. The zero-order valence-electron chi connectivity index (χ0n) is 19.7. The SMILES string of the molecule is CCc1sc(-c2cccc3c2oc2ccccc23)nc1-c1ccc(OC(=O)Cc2ccccc2)cc1. The summed E-state index contributed by atoms with van der Waals surface area (Å²) in [6, 6.07) is 31.5. The molecule has 0 aliphatic heterocycles. The molecule has 36 heavy (non-hydrogen) atoms. The first kappa shape index (κ1) is 22.3. The molecule has 0 aliphatic carbocycles. The lowest BCUT2D eigenvalue weighted by molar-refractivity contribution is -0.133. The van der Waals surface area contributed by atoms with Gasteiger partial charge in [-0.3, -0.25) is 4.79 Å². The second-order valence-corrected chi connectivity index (χ2v) is 9.67. The van der Waals surface area contributed by atoms with Crippen LogP contribution in [-0.4, -0.2) is 11.0 Å². The summed E-state index contributed by atoms with van der Waals surface area (Å²) < 4.78 is 11.8. The van der Waals surface area contributed by atoms with Crippen molar-refractivity contribution in [3.63, 3.8) is 0 Å². The minimum Gasteiger partial charge on any atom is -0.455 e. The van der Waals surface area contributed by atoms with Crippen molar-refractivity contribution in [3.8, 4) is 27.6 Å². The number of carbonyl (C=O) groups is 1. The molecular weight excluding hydrogens is 466 g/mol. The monoisotopic (exact) mass is 489 g/mol. The van der Waals surface area contributed by atoms with E-state index in [1.54, 1.807) is 11.3 Å². The van der Waals surface area contributed by atoms with Crippen LogP contribution in [0.5, 0.6) is 5.75 Å². The van der Waals surface area contributed by atoms with Crippen molar-refractivity contribution < 1.29 is 13.9 Å². The molecule has 0 amide bonds. The molecule has 2 aromatic heterocycles. The van der Waals surface area contributed by atoms with Gasteiger partial charge in [0.05, 0.1) is 17.7 Å². The smallest absolute Gasteiger partial charge is 0.315 e. The highest BCUT2D eigenvalue weighted by atomic mass is 32.1. The molecule has 0 bridgehead atoms. The molecule has 6 aromatic rings. The number of hydrogen-bond donors (Lipinski definition) is 0. The van der Waals surface area contributed by atoms with Crippen LogP contribution >= 0.6 is 11.3 Å². The summed E-state index contributed by atoms with van der Waals surface area (Å²) in [4.78, 5) is 18.6. The Bertz CT molecular complexity index is 1680. The second-order valence-electron chi connectivity index (χ2n) is 8.59. The van der Waals surface area contributed by atoms with Crippen molar-refractivity contribution in [2.45, 2.75) is 19.8 Å². The normalized spacial score (nSPS) is 11.2. The van der Waals surface area contributed by atoms with Crippen LogP contribution in [0.15, 0.2) is 101 Å². The van der Waals surface area contributed by atoms with Gasteiger partial charge in [-0.2, -0.15) is 0 Å². The van der Waals surface area contributed by atoms with Crippen LogP contribution in [0.25, 0.3) is 43.8 Å². The molecule has 0 aliphatic rings. The molecular formula is C31H23NO3S. The van der Waals surface area contributed by atoms with Gasteiger partial charge in [-0.1, -0.05) is 67.6 Å². The molecule has 176 valence electrons. The Balaban J connectivity index is 1.29. The Morgan fingerprint density at radius 1 is 0.861 bits per heavy atom. The molecule has 2 heterocycles. The summed E-state index contributed by atoms with van der Waals surface area (Å²) in [6.45, 7) is 2.14. The van der Waals surface area contributed by atoms with E-state index in [1.807, 2.05) is 72.8 Å². The average Bonchev–Trinajstić information content (AvgIpc) is 3.51. The van der Waals surface area contributed by atoms with Gasteiger partial charge in [0.15, 0.2) is 0 Å². The third kappa shape index (κ3) is 4.18. The fraction of sp³-hybridized carbons (Fsp3) is 0.0968. The molecule has 0 saturated carbocycles. The Morgan fingerprint density at radius 2 is 1.61 bits per heavy atom. The topological polar surface area (TPSA) is 52.3 Å². The number of carbonyl (C=O) groups excluding carboxylic acids is 1. The summed E-state index contributed by atoms with van der Waals surface area (Å²) in [7, 11) is 0. The number of rotatable bonds is 6. The fourth-order valence-electron chi connectivity index (χ4n) is 4.46. The van der Waals surface area contributed by atoms with Crippen molar-refractivity contribution >= 4 is 39.2 Å². The van der Waals surface area contributed by atoms with E-state index in [9.17, 15) is 4.79 Å². The fourth-order valence-corrected chi connectivity index (χ4v) is 5.50. The molecule has 0 N–H and O–H groups in total. The van der Waals surface area contributed by atoms with Crippen LogP contribution in [0.1, 0.15) is 17.4 Å². The number of nitrogens with zero attached hydrogens (tertiary/aromatic N) is 1. The number of furan rings is 1. The van der Waals surface area contributed by atoms with Gasteiger partial charge in [-0.25, -0.2) is 4.98 Å². The third-order valence-electron chi connectivity index (χ3n) is 6.20. The number of hydrogen-bond acceptors (Lipinski definition) is 5. The summed E-state index contributed by atoms with van der Waals surface area (Å²) >= 11 is 1.69. The predicted octanol–water partition coefficient (Wildman–Crippen LogP) is 8.09. The van der Waals surface area contributed by atoms with Crippen LogP contribution in [-0.2, 0) is 17.6 Å². The van der Waals surface area contributed by atoms with E-state index < -0.39 is 0 Å². The zero-order chi connectivity index (χ0) is 24.5. The van der Waals surface area contributed by atoms with Crippen LogP contribution < -0.4 is 4.74 Å². The van der Waals surface area contributed by atoms with Crippen molar-refractivity contribution in [1.29, 1.82) is 0 Å². The minimum absolute atomic E-state index is 0.241. The van der Waals surface area contributed by atoms with Crippen LogP contribution in [0.4, 0.5) is 0 Å². The molecule has 0 atom stereocenters. The number of aromatic nitrogens is 1. The van der Waals surface area contributed by atoms with Crippen molar-refractivity contribution in [1.82, 2.24) is 4.98 Å². The molecule has 5 heteroatoms. The molecule has 4 nitrogen and oxygen atoms in total. The van der Waals surface area contributed by atoms with Crippen LogP contribution in [0.3, 0.4) is 0 Å². The van der Waals surface area contributed by atoms with Gasteiger partial charge in [0.25, 0.3) is 0 Å². The summed E-state index contributed by atoms with van der Waals surface area (Å²) in [5.74, 6) is 0.248. The van der Waals surface area contributed by atoms with E-state index in [2.05, 4.69) is 31.2 Å². The van der Waals surface area contributed by atoms with Gasteiger partial charge in [-0.05, 0) is 48.4 Å². The standard InChI is InChI=1S/C31H23NO3S/c1-2-27-29(21-15-17-22(18-16-21)34-28(33)19-20-9-4-3-5-10-20)32-31(36-27)25-13-8-12-24-23-11-6-7-14-26(23)35-30(24)25/h3-18H,2,19H2,1H3. The molecule has 0 saturated heterocycles. The highest BCUT2D eigenvalue weighted by molar-refractivity contribution is 7.15. The third-order valence-corrected chi connectivity index (χ3v) is 7.44. The molecule has 0 radical (unpaired) electrons. The largest absolute Gasteiger partial charge is 0.455 e. The van der Waals surface area contributed by atoms with E-state index in [0.717, 1.165) is 55.8 Å². The average molecular weight is 490 g/mol. The lowest BCUT2D eigenvalue weighted by atomic mass is 10.1. The number of esters is 1. The number of ether oxygens (including phenoxy) is 1. The Labute approximate surface area is 212 Å². The molecule has 4 aromatic carbocycles. The first-order valence-electron chi connectivity index (χ1n) is 11.9. The molecule has 0 fully saturated rings. The molecule has 6 rings (SSSR count). The Kier molecular flexibility index (Phi) is 5.84. The van der Waals surface area contributed by atoms with E-state index in [-0.39, 0.29) is 12.4 Å². The lowest BCUT2D eigenvalue weighted by Crippen LogP contribution is -2.11. The minimum atomic E-state index is -0.280. The van der Waals surface area contributed by atoms with Crippen LogP contribution in [0.2, 0.25) is 0 Å². The molecule has 0 spiro atoms. The number of benzene rings is 4. The van der Waals surface area contributed by atoms with Gasteiger partial charge in [0.1, 0.15) is 21.9 Å². The second kappa shape index (κ2) is 9.44. The van der Waals surface area contributed by atoms with E-state index in [0.29, 0.717) is 5.75 Å². The Morgan fingerprint density at radius 3 is 2.42 bits per heavy atom. The number of thiazole rings is 1. The first-order valence-corrected chi connectivity index (χ1v) is 12.8. The maximum atomic E-state index is 12.3.